The van der Waals surface area contributed by atoms with Gasteiger partial charge in [-0.3, -0.25) is 9.98 Å². The fourth-order valence-corrected chi connectivity index (χ4v) is 4.53. The van der Waals surface area contributed by atoms with Crippen LogP contribution in [-0.2, 0) is 0 Å². The molecule has 0 unspecified atom stereocenters. The second kappa shape index (κ2) is 9.61. The highest BCUT2D eigenvalue weighted by molar-refractivity contribution is 6.70. The van der Waals surface area contributed by atoms with Crippen molar-refractivity contribution >= 4 is 31.1 Å². The standard InChI is InChI=1S/C27H33N3OSi/c1-18-16-19(2)26(20(3)17-18)30-21(4)23-12-11-14-25(27(23)31-32(6,7)8)29-22(5)24-13-9-10-15-28-24/h9-17H,1-8H3. The summed E-state index contributed by atoms with van der Waals surface area (Å²) in [6.45, 7) is 16.9. The molecule has 32 heavy (non-hydrogen) atoms. The zero-order valence-electron chi connectivity index (χ0n) is 20.4. The number of hydrogen-bond donors (Lipinski definition) is 0. The van der Waals surface area contributed by atoms with Gasteiger partial charge in [-0.2, -0.15) is 0 Å². The van der Waals surface area contributed by atoms with Gasteiger partial charge in [-0.15, -0.1) is 0 Å². The van der Waals surface area contributed by atoms with Gasteiger partial charge < -0.3 is 4.43 Å². The van der Waals surface area contributed by atoms with Crippen LogP contribution in [-0.4, -0.2) is 24.7 Å². The Labute approximate surface area is 193 Å². The molecule has 0 N–H and O–H groups in total. The van der Waals surface area contributed by atoms with Crippen molar-refractivity contribution < 1.29 is 4.43 Å². The van der Waals surface area contributed by atoms with Crippen LogP contribution in [0, 0.1) is 20.8 Å². The lowest BCUT2D eigenvalue weighted by atomic mass is 10.0. The molecule has 1 heterocycles. The van der Waals surface area contributed by atoms with Crippen LogP contribution in [0.4, 0.5) is 11.4 Å². The summed E-state index contributed by atoms with van der Waals surface area (Å²) in [5, 5.41) is 0. The van der Waals surface area contributed by atoms with Gasteiger partial charge in [0.25, 0.3) is 0 Å². The zero-order valence-corrected chi connectivity index (χ0v) is 21.4. The molecule has 5 heteroatoms. The molecule has 0 atom stereocenters. The molecular formula is C27H33N3OSi. The van der Waals surface area contributed by atoms with E-state index in [1.807, 2.05) is 44.2 Å². The van der Waals surface area contributed by atoms with Gasteiger partial charge in [-0.05, 0) is 89.7 Å². The summed E-state index contributed by atoms with van der Waals surface area (Å²) in [5.41, 5.74) is 9.02. The van der Waals surface area contributed by atoms with Gasteiger partial charge in [-0.1, -0.05) is 29.8 Å². The molecule has 0 radical (unpaired) electrons. The number of nitrogens with zero attached hydrogens (tertiary/aromatic N) is 3. The predicted molar refractivity (Wildman–Crippen MR) is 139 cm³/mol. The molecule has 0 aliphatic carbocycles. The number of rotatable bonds is 6. The molecule has 0 fully saturated rings. The van der Waals surface area contributed by atoms with Crippen molar-refractivity contribution in [1.29, 1.82) is 0 Å². The molecule has 0 aliphatic rings. The minimum Gasteiger partial charge on any atom is -0.542 e. The third-order valence-corrected chi connectivity index (χ3v) is 5.85. The topological polar surface area (TPSA) is 46.8 Å². The zero-order chi connectivity index (χ0) is 23.5. The van der Waals surface area contributed by atoms with Gasteiger partial charge >= 0.3 is 0 Å². The molecule has 166 valence electrons. The van der Waals surface area contributed by atoms with Crippen molar-refractivity contribution in [2.24, 2.45) is 9.98 Å². The van der Waals surface area contributed by atoms with Crippen LogP contribution in [0.1, 0.15) is 41.8 Å². The van der Waals surface area contributed by atoms with Crippen molar-refractivity contribution in [2.75, 3.05) is 0 Å². The Hall–Kier alpha value is -3.05. The maximum atomic E-state index is 6.57. The average Bonchev–Trinajstić information content (AvgIpc) is 2.71. The summed E-state index contributed by atoms with van der Waals surface area (Å²) in [7, 11) is -1.90. The summed E-state index contributed by atoms with van der Waals surface area (Å²) in [6.07, 6.45) is 1.79. The van der Waals surface area contributed by atoms with Gasteiger partial charge in [0.2, 0.25) is 8.32 Å². The van der Waals surface area contributed by atoms with E-state index >= 15 is 0 Å². The van der Waals surface area contributed by atoms with Crippen LogP contribution in [0.2, 0.25) is 19.6 Å². The first-order chi connectivity index (χ1) is 15.0. The largest absolute Gasteiger partial charge is 0.542 e. The van der Waals surface area contributed by atoms with Crippen LogP contribution in [0.5, 0.6) is 5.75 Å². The number of aliphatic imine (C=N–C) groups is 2. The van der Waals surface area contributed by atoms with Crippen LogP contribution >= 0.6 is 0 Å². The molecule has 0 saturated carbocycles. The van der Waals surface area contributed by atoms with Gasteiger partial charge in [0.1, 0.15) is 11.4 Å². The SMILES string of the molecule is CC(=Nc1cccc(C(C)=Nc2c(C)cc(C)cc2C)c1O[Si](C)(C)C)c1ccccn1. The van der Waals surface area contributed by atoms with Gasteiger partial charge in [0.15, 0.2) is 0 Å². The number of benzene rings is 2. The molecule has 0 saturated heterocycles. The second-order valence-corrected chi connectivity index (χ2v) is 13.7. The van der Waals surface area contributed by atoms with Crippen LogP contribution in [0.3, 0.4) is 0 Å². The van der Waals surface area contributed by atoms with Gasteiger partial charge in [-0.25, -0.2) is 4.99 Å². The number of aromatic nitrogens is 1. The summed E-state index contributed by atoms with van der Waals surface area (Å²) >= 11 is 0. The van der Waals surface area contributed by atoms with Crippen molar-refractivity contribution in [1.82, 2.24) is 4.98 Å². The Morgan fingerprint density at radius 1 is 0.844 bits per heavy atom. The van der Waals surface area contributed by atoms with Gasteiger partial charge in [0, 0.05) is 17.5 Å². The first kappa shape index (κ1) is 23.6. The second-order valence-electron chi connectivity index (χ2n) is 9.22. The van der Waals surface area contributed by atoms with E-state index < -0.39 is 8.32 Å². The average molecular weight is 444 g/mol. The third-order valence-electron chi connectivity index (χ3n) is 5.03. The Morgan fingerprint density at radius 3 is 2.12 bits per heavy atom. The summed E-state index contributed by atoms with van der Waals surface area (Å²) < 4.78 is 6.57. The highest BCUT2D eigenvalue weighted by Crippen LogP contribution is 2.36. The lowest BCUT2D eigenvalue weighted by molar-refractivity contribution is 0.558. The van der Waals surface area contributed by atoms with E-state index in [0.717, 1.165) is 39.8 Å². The van der Waals surface area contributed by atoms with E-state index in [2.05, 4.69) is 63.6 Å². The lowest BCUT2D eigenvalue weighted by Gasteiger charge is -2.23. The molecule has 0 aliphatic heterocycles. The number of hydrogen-bond acceptors (Lipinski definition) is 4. The predicted octanol–water partition coefficient (Wildman–Crippen LogP) is 7.50. The van der Waals surface area contributed by atoms with E-state index in [-0.39, 0.29) is 0 Å². The Kier molecular flexibility index (Phi) is 7.09. The van der Waals surface area contributed by atoms with Crippen molar-refractivity contribution in [3.05, 3.63) is 82.7 Å². The summed E-state index contributed by atoms with van der Waals surface area (Å²) in [4.78, 5) is 14.4. The summed E-state index contributed by atoms with van der Waals surface area (Å²) in [6, 6.07) is 16.3. The quantitative estimate of drug-likeness (QED) is 0.292. The maximum Gasteiger partial charge on any atom is 0.242 e. The van der Waals surface area contributed by atoms with E-state index in [1.54, 1.807) is 6.20 Å². The summed E-state index contributed by atoms with van der Waals surface area (Å²) in [5.74, 6) is 0.797. The van der Waals surface area contributed by atoms with Gasteiger partial charge in [0.05, 0.1) is 17.1 Å². The molecule has 3 aromatic rings. The Balaban J connectivity index is 2.15. The molecule has 3 rings (SSSR count). The van der Waals surface area contributed by atoms with E-state index in [9.17, 15) is 0 Å². The van der Waals surface area contributed by atoms with E-state index in [4.69, 9.17) is 14.4 Å². The highest BCUT2D eigenvalue weighted by atomic mass is 28.4. The Morgan fingerprint density at radius 2 is 1.53 bits per heavy atom. The van der Waals surface area contributed by atoms with Crippen molar-refractivity contribution in [2.45, 2.75) is 54.3 Å². The lowest BCUT2D eigenvalue weighted by Crippen LogP contribution is -2.30. The van der Waals surface area contributed by atoms with Crippen LogP contribution in [0.25, 0.3) is 0 Å². The van der Waals surface area contributed by atoms with E-state index in [1.165, 1.54) is 16.7 Å². The number of pyridine rings is 1. The molecule has 1 aromatic heterocycles. The first-order valence-corrected chi connectivity index (χ1v) is 14.4. The molecule has 0 amide bonds. The smallest absolute Gasteiger partial charge is 0.242 e. The van der Waals surface area contributed by atoms with E-state index in [0.29, 0.717) is 0 Å². The maximum absolute atomic E-state index is 6.57. The normalized spacial score (nSPS) is 12.8. The minimum atomic E-state index is -1.90. The van der Waals surface area contributed by atoms with Crippen LogP contribution < -0.4 is 4.43 Å². The fourth-order valence-electron chi connectivity index (χ4n) is 3.70. The molecule has 0 bridgehead atoms. The van der Waals surface area contributed by atoms with Crippen molar-refractivity contribution in [3.8, 4) is 5.75 Å². The fraction of sp³-hybridized carbons (Fsp3) is 0.296. The Bertz CT molecular complexity index is 1150. The molecule has 0 spiro atoms. The molecule has 4 nitrogen and oxygen atoms in total. The van der Waals surface area contributed by atoms with Crippen LogP contribution in [0.15, 0.2) is 64.7 Å². The first-order valence-electron chi connectivity index (χ1n) is 11.0. The molecule has 2 aromatic carbocycles. The highest BCUT2D eigenvalue weighted by Gasteiger charge is 2.22. The monoisotopic (exact) mass is 443 g/mol. The van der Waals surface area contributed by atoms with Crippen molar-refractivity contribution in [3.63, 3.8) is 0 Å². The number of para-hydroxylation sites is 1. The minimum absolute atomic E-state index is 0.797. The number of aryl methyl sites for hydroxylation is 3. The molecular weight excluding hydrogens is 410 g/mol. The third kappa shape index (κ3) is 5.80.